The molecule has 0 aliphatic carbocycles. The highest BCUT2D eigenvalue weighted by molar-refractivity contribution is 5.90. The third kappa shape index (κ3) is 3.91. The van der Waals surface area contributed by atoms with Crippen molar-refractivity contribution < 1.29 is 13.6 Å². The van der Waals surface area contributed by atoms with E-state index in [1.807, 2.05) is 0 Å². The summed E-state index contributed by atoms with van der Waals surface area (Å²) in [6.45, 7) is 0. The predicted molar refractivity (Wildman–Crippen MR) is 74.0 cm³/mol. The van der Waals surface area contributed by atoms with Crippen molar-refractivity contribution in [2.75, 3.05) is 5.32 Å². The number of amides is 2. The third-order valence-corrected chi connectivity index (χ3v) is 2.48. The Labute approximate surface area is 114 Å². The van der Waals surface area contributed by atoms with E-state index < -0.39 is 11.8 Å². The highest BCUT2D eigenvalue weighted by atomic mass is 19.1. The minimum atomic E-state index is -0.562. The van der Waals surface area contributed by atoms with Gasteiger partial charge in [-0.25, -0.2) is 13.6 Å². The zero-order valence-electron chi connectivity index (χ0n) is 10.4. The Morgan fingerprint density at radius 1 is 1.00 bits per heavy atom. The van der Waals surface area contributed by atoms with Crippen LogP contribution in [-0.2, 0) is 0 Å². The van der Waals surface area contributed by atoms with Crippen LogP contribution in [0.15, 0.2) is 54.7 Å². The molecule has 2 amide bonds. The smallest absolute Gasteiger partial charge is 0.314 e. The van der Waals surface area contributed by atoms with Crippen LogP contribution >= 0.6 is 0 Å². The van der Waals surface area contributed by atoms with Crippen LogP contribution in [0.25, 0.3) is 6.08 Å². The maximum atomic E-state index is 13.3. The Morgan fingerprint density at radius 2 is 1.70 bits per heavy atom. The van der Waals surface area contributed by atoms with Crippen LogP contribution in [0.1, 0.15) is 5.56 Å². The first-order chi connectivity index (χ1) is 9.65. The average Bonchev–Trinajstić information content (AvgIpc) is 2.44. The van der Waals surface area contributed by atoms with E-state index in [2.05, 4.69) is 10.6 Å². The van der Waals surface area contributed by atoms with Crippen molar-refractivity contribution in [2.45, 2.75) is 0 Å². The van der Waals surface area contributed by atoms with Gasteiger partial charge in [-0.2, -0.15) is 0 Å². The minimum Gasteiger partial charge on any atom is -0.314 e. The zero-order valence-corrected chi connectivity index (χ0v) is 10.4. The van der Waals surface area contributed by atoms with Crippen LogP contribution in [0.5, 0.6) is 0 Å². The van der Waals surface area contributed by atoms with Gasteiger partial charge in [-0.05, 0) is 35.9 Å². The van der Waals surface area contributed by atoms with Crippen molar-refractivity contribution >= 4 is 17.8 Å². The average molecular weight is 274 g/mol. The molecule has 0 aliphatic heterocycles. The number of carbonyl (C=O) groups excluding carboxylic acids is 1. The quantitative estimate of drug-likeness (QED) is 0.879. The summed E-state index contributed by atoms with van der Waals surface area (Å²) in [5, 5.41) is 4.80. The monoisotopic (exact) mass is 274 g/mol. The Bertz CT molecular complexity index is 624. The lowest BCUT2D eigenvalue weighted by atomic mass is 10.2. The van der Waals surface area contributed by atoms with Crippen molar-refractivity contribution in [1.29, 1.82) is 0 Å². The molecule has 2 aromatic rings. The summed E-state index contributed by atoms with van der Waals surface area (Å²) in [6, 6.07) is 11.1. The molecule has 2 aromatic carbocycles. The maximum absolute atomic E-state index is 13.3. The van der Waals surface area contributed by atoms with Gasteiger partial charge in [0.25, 0.3) is 0 Å². The van der Waals surface area contributed by atoms with Crippen molar-refractivity contribution in [2.24, 2.45) is 0 Å². The molecule has 0 spiro atoms. The second-order valence-corrected chi connectivity index (χ2v) is 3.96. The normalized spacial score (nSPS) is 10.5. The van der Waals surface area contributed by atoms with Gasteiger partial charge >= 0.3 is 6.03 Å². The molecule has 3 nitrogen and oxygen atoms in total. The molecule has 0 unspecified atom stereocenters. The summed E-state index contributed by atoms with van der Waals surface area (Å²) in [4.78, 5) is 11.5. The first kappa shape index (κ1) is 13.7. The highest BCUT2D eigenvalue weighted by Gasteiger charge is 2.03. The summed E-state index contributed by atoms with van der Waals surface area (Å²) in [5.41, 5.74) is 0.831. The number of carbonyl (C=O) groups is 1. The minimum absolute atomic E-state index is 0.0974. The summed E-state index contributed by atoms with van der Waals surface area (Å²) in [5.74, 6) is -0.836. The van der Waals surface area contributed by atoms with E-state index in [0.29, 0.717) is 0 Å². The SMILES string of the molecule is O=C(N/C=C/c1ccc(F)cc1)Nc1ccccc1F. The molecule has 0 saturated heterocycles. The van der Waals surface area contributed by atoms with Gasteiger partial charge in [0.15, 0.2) is 0 Å². The largest absolute Gasteiger partial charge is 0.323 e. The number of hydrogen-bond acceptors (Lipinski definition) is 1. The molecule has 5 heteroatoms. The molecule has 2 N–H and O–H groups in total. The van der Waals surface area contributed by atoms with Gasteiger partial charge in [0.05, 0.1) is 5.69 Å². The van der Waals surface area contributed by atoms with Crippen LogP contribution in [0, 0.1) is 11.6 Å². The molecule has 0 aromatic heterocycles. The van der Waals surface area contributed by atoms with Gasteiger partial charge in [0, 0.05) is 6.20 Å². The number of urea groups is 1. The van der Waals surface area contributed by atoms with E-state index in [-0.39, 0.29) is 11.5 Å². The molecule has 102 valence electrons. The lowest BCUT2D eigenvalue weighted by Gasteiger charge is -2.05. The topological polar surface area (TPSA) is 41.1 Å². The molecule has 0 saturated carbocycles. The summed E-state index contributed by atoms with van der Waals surface area (Å²) < 4.78 is 26.0. The summed E-state index contributed by atoms with van der Waals surface area (Å²) in [7, 11) is 0. The number of nitrogens with one attached hydrogen (secondary N) is 2. The van der Waals surface area contributed by atoms with E-state index >= 15 is 0 Å². The molecule has 0 bridgehead atoms. The first-order valence-corrected chi connectivity index (χ1v) is 5.89. The second kappa shape index (κ2) is 6.47. The Morgan fingerprint density at radius 3 is 2.40 bits per heavy atom. The van der Waals surface area contributed by atoms with E-state index in [1.165, 1.54) is 36.5 Å². The Hall–Kier alpha value is -2.69. The van der Waals surface area contributed by atoms with Gasteiger partial charge in [-0.15, -0.1) is 0 Å². The predicted octanol–water partition coefficient (Wildman–Crippen LogP) is 3.76. The molecule has 0 aliphatic rings. The molecular weight excluding hydrogens is 262 g/mol. The van der Waals surface area contributed by atoms with Crippen LogP contribution in [0.4, 0.5) is 19.3 Å². The number of rotatable bonds is 3. The molecule has 20 heavy (non-hydrogen) atoms. The highest BCUT2D eigenvalue weighted by Crippen LogP contribution is 2.11. The lowest BCUT2D eigenvalue weighted by molar-refractivity contribution is 0.255. The number of hydrogen-bond donors (Lipinski definition) is 2. The van der Waals surface area contributed by atoms with Crippen molar-refractivity contribution in [3.8, 4) is 0 Å². The zero-order chi connectivity index (χ0) is 14.4. The van der Waals surface area contributed by atoms with E-state index in [9.17, 15) is 13.6 Å². The van der Waals surface area contributed by atoms with Crippen LogP contribution in [-0.4, -0.2) is 6.03 Å². The maximum Gasteiger partial charge on any atom is 0.323 e. The molecule has 0 heterocycles. The fourth-order valence-corrected chi connectivity index (χ4v) is 1.51. The van der Waals surface area contributed by atoms with Crippen molar-refractivity contribution in [3.63, 3.8) is 0 Å². The number of benzene rings is 2. The van der Waals surface area contributed by atoms with Gasteiger partial charge < -0.3 is 10.6 Å². The van der Waals surface area contributed by atoms with Gasteiger partial charge in [-0.1, -0.05) is 24.3 Å². The van der Waals surface area contributed by atoms with Crippen LogP contribution in [0.2, 0.25) is 0 Å². The van der Waals surface area contributed by atoms with E-state index in [0.717, 1.165) is 5.56 Å². The lowest BCUT2D eigenvalue weighted by Crippen LogP contribution is -2.24. The van der Waals surface area contributed by atoms with Crippen LogP contribution < -0.4 is 10.6 Å². The number of anilines is 1. The molecule has 0 fully saturated rings. The summed E-state index contributed by atoms with van der Waals surface area (Å²) >= 11 is 0. The standard InChI is InChI=1S/C15H12F2N2O/c16-12-7-5-11(6-8-12)9-10-18-15(20)19-14-4-2-1-3-13(14)17/h1-10H,(H2,18,19,20)/b10-9+. The molecule has 2 rings (SSSR count). The molecule has 0 radical (unpaired) electrons. The Kier molecular flexibility index (Phi) is 4.44. The van der Waals surface area contributed by atoms with Crippen molar-refractivity contribution in [3.05, 3.63) is 71.9 Å². The second-order valence-electron chi connectivity index (χ2n) is 3.96. The number of para-hydroxylation sites is 1. The summed E-state index contributed by atoms with van der Waals surface area (Å²) in [6.07, 6.45) is 2.99. The van der Waals surface area contributed by atoms with Gasteiger partial charge in [0.2, 0.25) is 0 Å². The van der Waals surface area contributed by atoms with E-state index in [1.54, 1.807) is 24.3 Å². The Balaban J connectivity index is 1.89. The van der Waals surface area contributed by atoms with Gasteiger partial charge in [0.1, 0.15) is 11.6 Å². The van der Waals surface area contributed by atoms with Crippen LogP contribution in [0.3, 0.4) is 0 Å². The fourth-order valence-electron chi connectivity index (χ4n) is 1.51. The van der Waals surface area contributed by atoms with Crippen molar-refractivity contribution in [1.82, 2.24) is 5.32 Å². The molecule has 0 atom stereocenters. The van der Waals surface area contributed by atoms with Gasteiger partial charge in [-0.3, -0.25) is 0 Å². The first-order valence-electron chi connectivity index (χ1n) is 5.89. The third-order valence-electron chi connectivity index (χ3n) is 2.48. The molecular formula is C15H12F2N2O. The van der Waals surface area contributed by atoms with E-state index in [4.69, 9.17) is 0 Å². The number of halogens is 2. The fraction of sp³-hybridized carbons (Fsp3) is 0.